The van der Waals surface area contributed by atoms with Crippen molar-refractivity contribution in [3.63, 3.8) is 0 Å². The van der Waals surface area contributed by atoms with Gasteiger partial charge in [-0.2, -0.15) is 0 Å². The number of carbonyl (C=O) groups excluding carboxylic acids is 1. The number of anilines is 1. The lowest BCUT2D eigenvalue weighted by atomic mass is 10.2. The van der Waals surface area contributed by atoms with Crippen molar-refractivity contribution in [2.24, 2.45) is 4.99 Å². The van der Waals surface area contributed by atoms with Gasteiger partial charge < -0.3 is 21.1 Å². The number of rotatable bonds is 7. The molecule has 3 aromatic rings. The van der Waals surface area contributed by atoms with Crippen LogP contribution in [-0.4, -0.2) is 30.1 Å². The van der Waals surface area contributed by atoms with Gasteiger partial charge in [-0.1, -0.05) is 30.3 Å². The van der Waals surface area contributed by atoms with Crippen molar-refractivity contribution in [2.45, 2.75) is 26.5 Å². The third-order valence-electron chi connectivity index (χ3n) is 4.25. The molecule has 1 aromatic heterocycles. The van der Waals surface area contributed by atoms with Crippen molar-refractivity contribution in [3.05, 3.63) is 65.0 Å². The number of amides is 1. The number of aliphatic hydroxyl groups excluding tert-OH is 1. The normalized spacial score (nSPS) is 12.6. The summed E-state index contributed by atoms with van der Waals surface area (Å²) in [6.45, 7) is 5.03. The summed E-state index contributed by atoms with van der Waals surface area (Å²) in [5.74, 6) is 0.536. The van der Waals surface area contributed by atoms with Crippen LogP contribution < -0.4 is 16.0 Å². The van der Waals surface area contributed by atoms with Crippen LogP contribution in [-0.2, 0) is 11.3 Å². The number of thiophene rings is 1. The Labute approximate surface area is 174 Å². The summed E-state index contributed by atoms with van der Waals surface area (Å²) in [4.78, 5) is 16.7. The molecule has 0 fully saturated rings. The average Bonchev–Trinajstić information content (AvgIpc) is 3.14. The van der Waals surface area contributed by atoms with E-state index in [2.05, 4.69) is 33.1 Å². The molecule has 4 N–H and O–H groups in total. The highest BCUT2D eigenvalue weighted by atomic mass is 32.1. The van der Waals surface area contributed by atoms with Crippen LogP contribution in [0.25, 0.3) is 10.1 Å². The van der Waals surface area contributed by atoms with Gasteiger partial charge in [0, 0.05) is 35.3 Å². The number of carbonyl (C=O) groups is 1. The topological polar surface area (TPSA) is 85.8 Å². The van der Waals surface area contributed by atoms with E-state index in [-0.39, 0.29) is 5.91 Å². The van der Waals surface area contributed by atoms with Gasteiger partial charge in [-0.3, -0.25) is 4.79 Å². The molecule has 152 valence electrons. The molecule has 6 nitrogen and oxygen atoms in total. The van der Waals surface area contributed by atoms with Crippen LogP contribution in [0.3, 0.4) is 0 Å². The molecule has 0 saturated carbocycles. The minimum Gasteiger partial charge on any atom is -0.386 e. The van der Waals surface area contributed by atoms with E-state index < -0.39 is 6.10 Å². The van der Waals surface area contributed by atoms with Crippen LogP contribution in [0.5, 0.6) is 0 Å². The van der Waals surface area contributed by atoms with Gasteiger partial charge in [-0.25, -0.2) is 4.99 Å². The van der Waals surface area contributed by atoms with Crippen LogP contribution >= 0.6 is 11.3 Å². The maximum Gasteiger partial charge on any atom is 0.221 e. The minimum absolute atomic E-state index is 0.101. The molecule has 1 heterocycles. The van der Waals surface area contributed by atoms with Crippen molar-refractivity contribution in [2.75, 3.05) is 18.4 Å². The maximum atomic E-state index is 11.2. The first-order valence-corrected chi connectivity index (χ1v) is 10.4. The van der Waals surface area contributed by atoms with E-state index >= 15 is 0 Å². The van der Waals surface area contributed by atoms with Crippen LogP contribution in [0.2, 0.25) is 0 Å². The molecule has 0 aliphatic carbocycles. The number of guanidine groups is 1. The Morgan fingerprint density at radius 3 is 2.72 bits per heavy atom. The van der Waals surface area contributed by atoms with Crippen molar-refractivity contribution in [1.82, 2.24) is 10.6 Å². The van der Waals surface area contributed by atoms with Gasteiger partial charge in [-0.15, -0.1) is 11.3 Å². The monoisotopic (exact) mass is 410 g/mol. The third-order valence-corrected chi connectivity index (χ3v) is 5.46. The molecular weight excluding hydrogens is 384 g/mol. The highest BCUT2D eigenvalue weighted by Crippen LogP contribution is 2.29. The zero-order valence-corrected chi connectivity index (χ0v) is 17.4. The largest absolute Gasteiger partial charge is 0.386 e. The van der Waals surface area contributed by atoms with Crippen LogP contribution in [0.1, 0.15) is 30.4 Å². The number of nitrogens with zero attached hydrogens (tertiary/aromatic N) is 1. The predicted molar refractivity (Wildman–Crippen MR) is 120 cm³/mol. The zero-order valence-electron chi connectivity index (χ0n) is 16.6. The summed E-state index contributed by atoms with van der Waals surface area (Å²) in [6, 6.07) is 17.8. The van der Waals surface area contributed by atoms with E-state index in [4.69, 9.17) is 0 Å². The predicted octanol–water partition coefficient (Wildman–Crippen LogP) is 3.65. The Bertz CT molecular complexity index is 966. The van der Waals surface area contributed by atoms with E-state index in [1.54, 1.807) is 11.3 Å². The third kappa shape index (κ3) is 6.04. The fourth-order valence-electron chi connectivity index (χ4n) is 2.92. The molecule has 0 aliphatic heterocycles. The number of benzene rings is 2. The lowest BCUT2D eigenvalue weighted by Crippen LogP contribution is -2.39. The van der Waals surface area contributed by atoms with Crippen molar-refractivity contribution in [3.8, 4) is 0 Å². The standard InChI is InChI=1S/C22H26N4O2S/c1-3-23-22(24-13-16-7-6-9-18(11-16)26-15(2)27)25-14-19(28)21-12-17-8-4-5-10-20(17)29-21/h4-12,19,28H,3,13-14H2,1-2H3,(H,26,27)(H2,23,24,25). The quantitative estimate of drug-likeness (QED) is 0.354. The van der Waals surface area contributed by atoms with E-state index in [1.807, 2.05) is 49.4 Å². The minimum atomic E-state index is -0.612. The summed E-state index contributed by atoms with van der Waals surface area (Å²) in [6.07, 6.45) is -0.612. The molecule has 2 aromatic carbocycles. The molecule has 1 atom stereocenters. The van der Waals surface area contributed by atoms with Crippen molar-refractivity contribution >= 4 is 39.0 Å². The van der Waals surface area contributed by atoms with Crippen molar-refractivity contribution in [1.29, 1.82) is 0 Å². The Kier molecular flexibility index (Phi) is 7.21. The van der Waals surface area contributed by atoms with E-state index in [0.717, 1.165) is 28.1 Å². The van der Waals surface area contributed by atoms with Gasteiger partial charge >= 0.3 is 0 Å². The summed E-state index contributed by atoms with van der Waals surface area (Å²) in [5.41, 5.74) is 1.74. The molecule has 0 saturated heterocycles. The van der Waals surface area contributed by atoms with Crippen molar-refractivity contribution < 1.29 is 9.90 Å². The molecule has 7 heteroatoms. The number of nitrogens with one attached hydrogen (secondary N) is 3. The first-order valence-electron chi connectivity index (χ1n) is 9.60. The van der Waals surface area contributed by atoms with E-state index in [9.17, 15) is 9.90 Å². The van der Waals surface area contributed by atoms with Gasteiger partial charge in [0.2, 0.25) is 5.91 Å². The maximum absolute atomic E-state index is 11.2. The Morgan fingerprint density at radius 2 is 1.97 bits per heavy atom. The number of aliphatic imine (C=N–C) groups is 1. The van der Waals surface area contributed by atoms with Crippen LogP contribution in [0.4, 0.5) is 5.69 Å². The summed E-state index contributed by atoms with van der Waals surface area (Å²) in [5, 5.41) is 20.9. The van der Waals surface area contributed by atoms with Gasteiger partial charge in [0.05, 0.1) is 6.54 Å². The first kappa shape index (κ1) is 20.8. The van der Waals surface area contributed by atoms with E-state index in [1.165, 1.54) is 11.6 Å². The van der Waals surface area contributed by atoms with Gasteiger partial charge in [0.25, 0.3) is 0 Å². The molecule has 1 amide bonds. The summed E-state index contributed by atoms with van der Waals surface area (Å²) >= 11 is 1.60. The zero-order chi connectivity index (χ0) is 20.6. The fraction of sp³-hybridized carbons (Fsp3) is 0.273. The Morgan fingerprint density at radius 1 is 1.14 bits per heavy atom. The second kappa shape index (κ2) is 10.0. The molecule has 0 bridgehead atoms. The second-order valence-corrected chi connectivity index (χ2v) is 7.78. The smallest absolute Gasteiger partial charge is 0.221 e. The highest BCUT2D eigenvalue weighted by Gasteiger charge is 2.12. The highest BCUT2D eigenvalue weighted by molar-refractivity contribution is 7.19. The van der Waals surface area contributed by atoms with E-state index in [0.29, 0.717) is 19.0 Å². The molecule has 3 rings (SSSR count). The second-order valence-electron chi connectivity index (χ2n) is 6.66. The number of hydrogen-bond acceptors (Lipinski definition) is 4. The molecule has 0 radical (unpaired) electrons. The van der Waals surface area contributed by atoms with Crippen LogP contribution in [0.15, 0.2) is 59.6 Å². The molecule has 29 heavy (non-hydrogen) atoms. The Balaban J connectivity index is 1.62. The van der Waals surface area contributed by atoms with Gasteiger partial charge in [-0.05, 0) is 42.1 Å². The van der Waals surface area contributed by atoms with Gasteiger partial charge in [0.1, 0.15) is 6.10 Å². The summed E-state index contributed by atoms with van der Waals surface area (Å²) in [7, 11) is 0. The number of aliphatic hydroxyl groups is 1. The first-order chi connectivity index (χ1) is 14.0. The molecule has 1 unspecified atom stereocenters. The van der Waals surface area contributed by atoms with Crippen LogP contribution in [0, 0.1) is 0 Å². The molecular formula is C22H26N4O2S. The lowest BCUT2D eigenvalue weighted by molar-refractivity contribution is -0.114. The number of hydrogen-bond donors (Lipinski definition) is 4. The lowest BCUT2D eigenvalue weighted by Gasteiger charge is -2.14. The Hall–Kier alpha value is -2.90. The SMILES string of the molecule is CCNC(=NCc1cccc(NC(C)=O)c1)NCC(O)c1cc2ccccc2s1. The van der Waals surface area contributed by atoms with Gasteiger partial charge in [0.15, 0.2) is 5.96 Å². The summed E-state index contributed by atoms with van der Waals surface area (Å²) < 4.78 is 1.17. The number of fused-ring (bicyclic) bond motifs is 1. The average molecular weight is 411 g/mol. The fourth-order valence-corrected chi connectivity index (χ4v) is 3.97. The molecule has 0 spiro atoms. The molecule has 0 aliphatic rings.